The Balaban J connectivity index is 2.85. The van der Waals surface area contributed by atoms with Crippen LogP contribution in [0.2, 0.25) is 0 Å². The molecular weight excluding hydrogens is 230 g/mol. The maximum atomic E-state index is 8.55. The summed E-state index contributed by atoms with van der Waals surface area (Å²) in [4.78, 5) is 0. The van der Waals surface area contributed by atoms with Crippen molar-refractivity contribution >= 4 is 12.0 Å². The van der Waals surface area contributed by atoms with E-state index in [4.69, 9.17) is 25.5 Å². The molecule has 0 unspecified atom stereocenters. The molecule has 1 aromatic rings. The van der Waals surface area contributed by atoms with Crippen molar-refractivity contribution < 1.29 is 4.42 Å². The molecule has 0 fully saturated rings. The molecule has 0 atom stereocenters. The van der Waals surface area contributed by atoms with Crippen LogP contribution in [0, 0.1) is 45.3 Å². The van der Waals surface area contributed by atoms with Gasteiger partial charge in [-0.1, -0.05) is 0 Å². The number of anilines is 1. The summed E-state index contributed by atoms with van der Waals surface area (Å²) in [5, 5.41) is 36.7. The van der Waals surface area contributed by atoms with E-state index < -0.39 is 0 Å². The van der Waals surface area contributed by atoms with Crippen molar-refractivity contribution in [2.75, 3.05) is 5.32 Å². The lowest BCUT2D eigenvalue weighted by Gasteiger charge is -1.93. The van der Waals surface area contributed by atoms with Crippen LogP contribution >= 0.6 is 0 Å². The molecule has 0 aliphatic heterocycles. The highest BCUT2D eigenvalue weighted by Gasteiger charge is 2.01. The van der Waals surface area contributed by atoms with Crippen LogP contribution in [0.15, 0.2) is 33.9 Å². The predicted molar refractivity (Wildman–Crippen MR) is 60.8 cm³/mol. The van der Waals surface area contributed by atoms with E-state index in [0.29, 0.717) is 11.6 Å². The van der Waals surface area contributed by atoms with Crippen molar-refractivity contribution in [2.24, 2.45) is 0 Å². The first-order valence-electron chi connectivity index (χ1n) is 4.62. The summed E-state index contributed by atoms with van der Waals surface area (Å²) in [6.07, 6.45) is 2.48. The van der Waals surface area contributed by atoms with Crippen LogP contribution in [-0.2, 0) is 0 Å². The van der Waals surface area contributed by atoms with E-state index in [1.807, 2.05) is 0 Å². The van der Waals surface area contributed by atoms with Gasteiger partial charge in [0.05, 0.1) is 0 Å². The molecule has 0 aliphatic carbocycles. The van der Waals surface area contributed by atoms with Gasteiger partial charge >= 0.3 is 0 Å². The second-order valence-corrected chi connectivity index (χ2v) is 2.91. The Morgan fingerprint density at radius 1 is 1.00 bits per heavy atom. The molecule has 1 rings (SSSR count). The molecule has 1 aromatic heterocycles. The van der Waals surface area contributed by atoms with Gasteiger partial charge in [0.25, 0.3) is 0 Å². The van der Waals surface area contributed by atoms with Gasteiger partial charge in [0.1, 0.15) is 41.2 Å². The van der Waals surface area contributed by atoms with Gasteiger partial charge in [-0.3, -0.25) is 0 Å². The highest BCUT2D eigenvalue weighted by molar-refractivity contribution is 5.60. The molecule has 6 heteroatoms. The molecule has 0 aromatic carbocycles. The molecule has 0 bridgehead atoms. The summed E-state index contributed by atoms with van der Waals surface area (Å²) in [5.41, 5.74) is -0.181. The van der Waals surface area contributed by atoms with E-state index in [0.717, 1.165) is 0 Å². The SMILES string of the molecule is N#CC(C#N)=CNc1ccc(C=C(C#N)C#N)o1. The van der Waals surface area contributed by atoms with Crippen molar-refractivity contribution in [1.29, 1.82) is 21.0 Å². The molecule has 0 saturated carbocycles. The first kappa shape index (κ1) is 12.6. The van der Waals surface area contributed by atoms with Crippen LogP contribution in [0.5, 0.6) is 0 Å². The maximum Gasteiger partial charge on any atom is 0.197 e. The average molecular weight is 235 g/mol. The Kier molecular flexibility index (Phi) is 4.32. The number of nitrogens with zero attached hydrogens (tertiary/aromatic N) is 4. The van der Waals surface area contributed by atoms with Gasteiger partial charge in [0, 0.05) is 18.3 Å². The zero-order valence-corrected chi connectivity index (χ0v) is 9.01. The van der Waals surface area contributed by atoms with E-state index >= 15 is 0 Å². The van der Waals surface area contributed by atoms with Crippen molar-refractivity contribution in [3.8, 4) is 24.3 Å². The molecule has 0 amide bonds. The van der Waals surface area contributed by atoms with Gasteiger partial charge in [0.15, 0.2) is 5.88 Å². The Bertz CT molecular complexity index is 635. The first-order valence-corrected chi connectivity index (χ1v) is 4.62. The normalized spacial score (nSPS) is 7.78. The smallest absolute Gasteiger partial charge is 0.197 e. The standard InChI is InChI=1S/C12H5N5O/c13-4-9(5-14)3-11-1-2-12(18-11)17-8-10(6-15)7-16/h1-3,8,17H. The van der Waals surface area contributed by atoms with E-state index in [9.17, 15) is 0 Å². The van der Waals surface area contributed by atoms with Gasteiger partial charge in [-0.2, -0.15) is 21.0 Å². The summed E-state index contributed by atoms with van der Waals surface area (Å²) in [7, 11) is 0. The van der Waals surface area contributed by atoms with Gasteiger partial charge in [-0.15, -0.1) is 0 Å². The Morgan fingerprint density at radius 3 is 2.17 bits per heavy atom. The molecule has 6 nitrogen and oxygen atoms in total. The summed E-state index contributed by atoms with van der Waals surface area (Å²) in [5.74, 6) is 0.610. The van der Waals surface area contributed by atoms with Crippen LogP contribution in [0.25, 0.3) is 6.08 Å². The minimum atomic E-state index is -0.0989. The summed E-state index contributed by atoms with van der Waals surface area (Å²) in [6, 6.07) is 9.84. The van der Waals surface area contributed by atoms with Crippen LogP contribution < -0.4 is 5.32 Å². The molecule has 18 heavy (non-hydrogen) atoms. The zero-order chi connectivity index (χ0) is 13.4. The van der Waals surface area contributed by atoms with E-state index in [-0.39, 0.29) is 11.1 Å². The highest BCUT2D eigenvalue weighted by Crippen LogP contribution is 2.16. The molecule has 1 heterocycles. The summed E-state index contributed by atoms with van der Waals surface area (Å²) < 4.78 is 5.20. The molecule has 1 N–H and O–H groups in total. The minimum Gasteiger partial charge on any atom is -0.441 e. The zero-order valence-electron chi connectivity index (χ0n) is 9.01. The number of rotatable bonds is 3. The lowest BCUT2D eigenvalue weighted by atomic mass is 10.3. The minimum absolute atomic E-state index is 0.0822. The van der Waals surface area contributed by atoms with E-state index in [1.54, 1.807) is 36.4 Å². The molecule has 0 aliphatic rings. The number of nitrogens with one attached hydrogen (secondary N) is 1. The lowest BCUT2D eigenvalue weighted by molar-refractivity contribution is 0.574. The first-order chi connectivity index (χ1) is 8.73. The number of allylic oxidation sites excluding steroid dienone is 2. The number of hydrogen-bond donors (Lipinski definition) is 1. The Morgan fingerprint density at radius 2 is 1.61 bits per heavy atom. The monoisotopic (exact) mass is 235 g/mol. The van der Waals surface area contributed by atoms with Crippen molar-refractivity contribution in [2.45, 2.75) is 0 Å². The molecule has 0 saturated heterocycles. The third-order valence-electron chi connectivity index (χ3n) is 1.75. The fourth-order valence-corrected chi connectivity index (χ4v) is 0.973. The molecule has 0 spiro atoms. The Hall–Kier alpha value is -3.48. The Labute approximate surface area is 103 Å². The molecular formula is C12H5N5O. The maximum absolute atomic E-state index is 8.55. The van der Waals surface area contributed by atoms with Crippen molar-refractivity contribution in [1.82, 2.24) is 0 Å². The summed E-state index contributed by atoms with van der Waals surface area (Å²) in [6.45, 7) is 0. The topological polar surface area (TPSA) is 120 Å². The molecule has 0 radical (unpaired) electrons. The third-order valence-corrected chi connectivity index (χ3v) is 1.75. The van der Waals surface area contributed by atoms with Crippen LogP contribution in [0.1, 0.15) is 5.76 Å². The third kappa shape index (κ3) is 3.28. The van der Waals surface area contributed by atoms with Crippen LogP contribution in [0.3, 0.4) is 0 Å². The summed E-state index contributed by atoms with van der Waals surface area (Å²) >= 11 is 0. The van der Waals surface area contributed by atoms with Gasteiger partial charge < -0.3 is 9.73 Å². The van der Waals surface area contributed by atoms with Crippen molar-refractivity contribution in [3.63, 3.8) is 0 Å². The quantitative estimate of drug-likeness (QED) is 0.800. The average Bonchev–Trinajstić information content (AvgIpc) is 2.85. The van der Waals surface area contributed by atoms with Gasteiger partial charge in [-0.25, -0.2) is 0 Å². The van der Waals surface area contributed by atoms with E-state index in [2.05, 4.69) is 5.32 Å². The van der Waals surface area contributed by atoms with Crippen molar-refractivity contribution in [3.05, 3.63) is 35.2 Å². The van der Waals surface area contributed by atoms with Gasteiger partial charge in [0.2, 0.25) is 0 Å². The number of nitriles is 4. The second-order valence-electron chi connectivity index (χ2n) is 2.91. The van der Waals surface area contributed by atoms with Crippen LogP contribution in [0.4, 0.5) is 5.88 Å². The number of hydrogen-bond acceptors (Lipinski definition) is 6. The lowest BCUT2D eigenvalue weighted by Crippen LogP contribution is -1.86. The second kappa shape index (κ2) is 6.18. The fourth-order valence-electron chi connectivity index (χ4n) is 0.973. The van der Waals surface area contributed by atoms with Crippen LogP contribution in [-0.4, -0.2) is 0 Å². The number of furan rings is 1. The highest BCUT2D eigenvalue weighted by atomic mass is 16.4. The fraction of sp³-hybridized carbons (Fsp3) is 0. The van der Waals surface area contributed by atoms with Gasteiger partial charge in [-0.05, 0) is 6.07 Å². The van der Waals surface area contributed by atoms with E-state index in [1.165, 1.54) is 12.3 Å². The molecule has 84 valence electrons. The predicted octanol–water partition coefficient (Wildman–Crippen LogP) is 2.05. The largest absolute Gasteiger partial charge is 0.441 e.